The Kier molecular flexibility index (Phi) is 6.14. The smallest absolute Gasteiger partial charge is 0.248 e. The highest BCUT2D eigenvalue weighted by molar-refractivity contribution is 6.30. The molecule has 1 N–H and O–H groups in total. The van der Waals surface area contributed by atoms with Crippen molar-refractivity contribution in [3.63, 3.8) is 0 Å². The number of furan rings is 1. The van der Waals surface area contributed by atoms with E-state index in [1.165, 1.54) is 0 Å². The molecule has 0 fully saturated rings. The summed E-state index contributed by atoms with van der Waals surface area (Å²) in [7, 11) is 1.61. The van der Waals surface area contributed by atoms with Crippen molar-refractivity contribution in [3.8, 4) is 28.4 Å². The van der Waals surface area contributed by atoms with Crippen LogP contribution in [0.3, 0.4) is 0 Å². The van der Waals surface area contributed by atoms with E-state index in [0.29, 0.717) is 41.2 Å². The zero-order valence-corrected chi connectivity index (χ0v) is 20.4. The van der Waals surface area contributed by atoms with Gasteiger partial charge in [-0.05, 0) is 55.3 Å². The fourth-order valence-electron chi connectivity index (χ4n) is 4.30. The number of hydrogen-bond donors (Lipinski definition) is 1. The second-order valence-corrected chi connectivity index (χ2v) is 8.73. The van der Waals surface area contributed by atoms with Gasteiger partial charge in [-0.2, -0.15) is 0 Å². The van der Waals surface area contributed by atoms with Crippen LogP contribution in [0.5, 0.6) is 17.2 Å². The minimum Gasteiger partial charge on any atom is -0.496 e. The second kappa shape index (κ2) is 9.39. The normalized spacial score (nSPS) is 13.1. The number of aryl methyl sites for hydroxylation is 1. The topological polar surface area (TPSA) is 69.9 Å². The van der Waals surface area contributed by atoms with Gasteiger partial charge in [-0.15, -0.1) is 0 Å². The highest BCUT2D eigenvalue weighted by Crippen LogP contribution is 2.41. The Morgan fingerprint density at radius 2 is 1.80 bits per heavy atom. The molecule has 3 aromatic carbocycles. The molecular formula is C28H24ClNO5. The SMILES string of the molecule is COc1c(/C(C)=C/C(=O)Nc2ccc3c(c2)OCCO3)cc2c(-c3ccc(Cl)cc3)coc2c1C. The first-order valence-corrected chi connectivity index (χ1v) is 11.6. The van der Waals surface area contributed by atoms with E-state index < -0.39 is 0 Å². The lowest BCUT2D eigenvalue weighted by atomic mass is 9.96. The molecule has 1 aliphatic rings. The predicted octanol–water partition coefficient (Wildman–Crippen LogP) is 6.88. The third-order valence-corrected chi connectivity index (χ3v) is 6.24. The van der Waals surface area contributed by atoms with Crippen LogP contribution in [0.15, 0.2) is 65.3 Å². The van der Waals surface area contributed by atoms with Gasteiger partial charge in [0, 0.05) is 44.9 Å². The molecule has 178 valence electrons. The molecule has 35 heavy (non-hydrogen) atoms. The molecule has 0 bridgehead atoms. The third-order valence-electron chi connectivity index (χ3n) is 5.99. The summed E-state index contributed by atoms with van der Waals surface area (Å²) in [4.78, 5) is 12.9. The molecule has 1 aromatic heterocycles. The summed E-state index contributed by atoms with van der Waals surface area (Å²) < 4.78 is 22.8. The molecular weight excluding hydrogens is 466 g/mol. The number of anilines is 1. The first-order chi connectivity index (χ1) is 16.9. The molecule has 5 rings (SSSR count). The first kappa shape index (κ1) is 22.9. The summed E-state index contributed by atoms with van der Waals surface area (Å²) in [6, 6.07) is 14.9. The lowest BCUT2D eigenvalue weighted by Gasteiger charge is -2.18. The van der Waals surface area contributed by atoms with E-state index in [1.807, 2.05) is 44.2 Å². The predicted molar refractivity (Wildman–Crippen MR) is 138 cm³/mol. The number of fused-ring (bicyclic) bond motifs is 2. The van der Waals surface area contributed by atoms with Crippen LogP contribution < -0.4 is 19.5 Å². The quantitative estimate of drug-likeness (QED) is 0.309. The maximum absolute atomic E-state index is 12.9. The summed E-state index contributed by atoms with van der Waals surface area (Å²) in [5.41, 5.74) is 5.72. The molecule has 0 aliphatic carbocycles. The Balaban J connectivity index is 1.49. The molecule has 0 atom stereocenters. The zero-order valence-electron chi connectivity index (χ0n) is 19.6. The zero-order chi connectivity index (χ0) is 24.5. The van der Waals surface area contributed by atoms with Gasteiger partial charge in [-0.3, -0.25) is 4.79 Å². The lowest BCUT2D eigenvalue weighted by molar-refractivity contribution is -0.111. The van der Waals surface area contributed by atoms with Crippen LogP contribution in [0.1, 0.15) is 18.1 Å². The number of benzene rings is 3. The monoisotopic (exact) mass is 489 g/mol. The first-order valence-electron chi connectivity index (χ1n) is 11.2. The summed E-state index contributed by atoms with van der Waals surface area (Å²) in [6.07, 6.45) is 3.29. The van der Waals surface area contributed by atoms with Gasteiger partial charge in [-0.25, -0.2) is 0 Å². The number of halogens is 1. The van der Waals surface area contributed by atoms with Gasteiger partial charge in [0.25, 0.3) is 0 Å². The van der Waals surface area contributed by atoms with E-state index in [0.717, 1.165) is 38.8 Å². The van der Waals surface area contributed by atoms with E-state index in [-0.39, 0.29) is 5.91 Å². The molecule has 0 radical (unpaired) electrons. The summed E-state index contributed by atoms with van der Waals surface area (Å²) in [6.45, 7) is 4.83. The van der Waals surface area contributed by atoms with Crippen molar-refractivity contribution >= 4 is 39.7 Å². The van der Waals surface area contributed by atoms with Crippen molar-refractivity contribution in [1.82, 2.24) is 0 Å². The van der Waals surface area contributed by atoms with Crippen LogP contribution in [-0.4, -0.2) is 26.2 Å². The van der Waals surface area contributed by atoms with Crippen LogP contribution in [-0.2, 0) is 4.79 Å². The van der Waals surface area contributed by atoms with Crippen molar-refractivity contribution in [1.29, 1.82) is 0 Å². The summed E-state index contributed by atoms with van der Waals surface area (Å²) >= 11 is 6.07. The molecule has 2 heterocycles. The fraction of sp³-hybridized carbons (Fsp3) is 0.179. The van der Waals surface area contributed by atoms with Crippen molar-refractivity contribution < 1.29 is 23.4 Å². The highest BCUT2D eigenvalue weighted by Gasteiger charge is 2.19. The Morgan fingerprint density at radius 1 is 1.06 bits per heavy atom. The number of amides is 1. The fourth-order valence-corrected chi connectivity index (χ4v) is 4.42. The van der Waals surface area contributed by atoms with E-state index in [2.05, 4.69) is 5.32 Å². The van der Waals surface area contributed by atoms with Gasteiger partial charge < -0.3 is 23.9 Å². The number of methoxy groups -OCH3 is 1. The second-order valence-electron chi connectivity index (χ2n) is 8.29. The molecule has 0 saturated carbocycles. The van der Waals surface area contributed by atoms with E-state index in [9.17, 15) is 4.79 Å². The van der Waals surface area contributed by atoms with Crippen LogP contribution >= 0.6 is 11.6 Å². The van der Waals surface area contributed by atoms with Crippen molar-refractivity contribution in [3.05, 3.63) is 77.0 Å². The Hall–Kier alpha value is -3.90. The van der Waals surface area contributed by atoms with E-state index >= 15 is 0 Å². The van der Waals surface area contributed by atoms with Gasteiger partial charge in [0.1, 0.15) is 24.5 Å². The number of nitrogens with one attached hydrogen (secondary N) is 1. The number of rotatable bonds is 5. The third kappa shape index (κ3) is 4.45. The minimum atomic E-state index is -0.260. The molecule has 0 spiro atoms. The lowest BCUT2D eigenvalue weighted by Crippen LogP contribution is -2.16. The number of carbonyl (C=O) groups is 1. The Bertz CT molecular complexity index is 1450. The minimum absolute atomic E-state index is 0.260. The molecule has 0 unspecified atom stereocenters. The Labute approximate surface area is 208 Å². The average molecular weight is 490 g/mol. The van der Waals surface area contributed by atoms with E-state index in [1.54, 1.807) is 37.6 Å². The molecule has 6 nitrogen and oxygen atoms in total. The van der Waals surface area contributed by atoms with Gasteiger partial charge in [0.2, 0.25) is 5.91 Å². The van der Waals surface area contributed by atoms with Crippen LogP contribution in [0.25, 0.3) is 27.7 Å². The van der Waals surface area contributed by atoms with Crippen LogP contribution in [0.2, 0.25) is 5.02 Å². The molecule has 4 aromatic rings. The maximum atomic E-state index is 12.9. The largest absolute Gasteiger partial charge is 0.496 e. The van der Waals surface area contributed by atoms with Crippen LogP contribution in [0.4, 0.5) is 5.69 Å². The van der Waals surface area contributed by atoms with Crippen molar-refractivity contribution in [2.24, 2.45) is 0 Å². The molecule has 0 saturated heterocycles. The van der Waals surface area contributed by atoms with Gasteiger partial charge in [0.05, 0.1) is 13.4 Å². The Morgan fingerprint density at radius 3 is 2.54 bits per heavy atom. The highest BCUT2D eigenvalue weighted by atomic mass is 35.5. The van der Waals surface area contributed by atoms with Gasteiger partial charge in [0.15, 0.2) is 11.5 Å². The summed E-state index contributed by atoms with van der Waals surface area (Å²) in [5.74, 6) is 1.69. The van der Waals surface area contributed by atoms with Gasteiger partial charge >= 0.3 is 0 Å². The summed E-state index contributed by atoms with van der Waals surface area (Å²) in [5, 5.41) is 4.50. The molecule has 7 heteroatoms. The number of carbonyl (C=O) groups excluding carboxylic acids is 1. The standard InChI is InChI=1S/C28H24ClNO5/c1-16(12-26(31)30-20-8-9-24-25(13-20)34-11-10-33-24)21-14-22-23(18-4-6-19(29)7-5-18)15-35-28(22)17(2)27(21)32-3/h4-9,12-15H,10-11H2,1-3H3,(H,30,31)/b16-12+. The number of allylic oxidation sites excluding steroid dienone is 1. The van der Waals surface area contributed by atoms with Gasteiger partial charge in [-0.1, -0.05) is 23.7 Å². The van der Waals surface area contributed by atoms with Crippen molar-refractivity contribution in [2.45, 2.75) is 13.8 Å². The van der Waals surface area contributed by atoms with E-state index in [4.69, 9.17) is 30.2 Å². The average Bonchev–Trinajstić information content (AvgIpc) is 3.28. The molecule has 1 amide bonds. The molecule has 1 aliphatic heterocycles. The number of hydrogen-bond acceptors (Lipinski definition) is 5. The number of ether oxygens (including phenoxy) is 3. The maximum Gasteiger partial charge on any atom is 0.248 e. The van der Waals surface area contributed by atoms with Crippen LogP contribution in [0, 0.1) is 6.92 Å². The van der Waals surface area contributed by atoms with Crippen molar-refractivity contribution in [2.75, 3.05) is 25.6 Å².